The van der Waals surface area contributed by atoms with Gasteiger partial charge in [0.15, 0.2) is 0 Å². The van der Waals surface area contributed by atoms with Crippen molar-refractivity contribution in [3.05, 3.63) is 45.4 Å². The SMILES string of the molecule is Cc1cccc(Cc2nnc(CNC3CC3)s2)c1. The van der Waals surface area contributed by atoms with Crippen LogP contribution >= 0.6 is 11.3 Å². The number of hydrogen-bond donors (Lipinski definition) is 1. The molecule has 0 amide bonds. The number of nitrogens with one attached hydrogen (secondary N) is 1. The first-order valence-electron chi connectivity index (χ1n) is 6.40. The van der Waals surface area contributed by atoms with Gasteiger partial charge in [-0.2, -0.15) is 0 Å². The van der Waals surface area contributed by atoms with Gasteiger partial charge >= 0.3 is 0 Å². The van der Waals surface area contributed by atoms with E-state index in [0.717, 1.165) is 29.0 Å². The Balaban J connectivity index is 1.61. The van der Waals surface area contributed by atoms with Crippen LogP contribution in [0.5, 0.6) is 0 Å². The van der Waals surface area contributed by atoms with Gasteiger partial charge in [-0.25, -0.2) is 0 Å². The second kappa shape index (κ2) is 5.16. The van der Waals surface area contributed by atoms with Gasteiger partial charge in [-0.05, 0) is 25.3 Å². The van der Waals surface area contributed by atoms with Crippen LogP contribution in [0.3, 0.4) is 0 Å². The largest absolute Gasteiger partial charge is 0.308 e. The molecule has 1 fully saturated rings. The van der Waals surface area contributed by atoms with Crippen LogP contribution in [0.4, 0.5) is 0 Å². The summed E-state index contributed by atoms with van der Waals surface area (Å²) >= 11 is 1.72. The van der Waals surface area contributed by atoms with Crippen LogP contribution in [0.1, 0.15) is 34.0 Å². The lowest BCUT2D eigenvalue weighted by Crippen LogP contribution is -2.14. The van der Waals surface area contributed by atoms with Crippen molar-refractivity contribution in [3.63, 3.8) is 0 Å². The molecule has 4 heteroatoms. The predicted octanol–water partition coefficient (Wildman–Crippen LogP) is 2.69. The molecule has 3 rings (SSSR count). The van der Waals surface area contributed by atoms with E-state index in [-0.39, 0.29) is 0 Å². The monoisotopic (exact) mass is 259 g/mol. The van der Waals surface area contributed by atoms with Crippen LogP contribution in [0.15, 0.2) is 24.3 Å². The lowest BCUT2D eigenvalue weighted by Gasteiger charge is -1.98. The summed E-state index contributed by atoms with van der Waals surface area (Å²) in [5, 5.41) is 14.2. The summed E-state index contributed by atoms with van der Waals surface area (Å²) in [6, 6.07) is 9.31. The summed E-state index contributed by atoms with van der Waals surface area (Å²) < 4.78 is 0. The molecule has 0 saturated heterocycles. The zero-order chi connectivity index (χ0) is 12.4. The van der Waals surface area contributed by atoms with Gasteiger partial charge < -0.3 is 5.32 Å². The van der Waals surface area contributed by atoms with E-state index in [9.17, 15) is 0 Å². The Morgan fingerprint density at radius 3 is 2.89 bits per heavy atom. The Kier molecular flexibility index (Phi) is 3.39. The molecular weight excluding hydrogens is 242 g/mol. The van der Waals surface area contributed by atoms with Crippen molar-refractivity contribution >= 4 is 11.3 Å². The van der Waals surface area contributed by atoms with Gasteiger partial charge in [0, 0.05) is 19.0 Å². The normalized spacial score (nSPS) is 14.9. The molecule has 0 radical (unpaired) electrons. The highest BCUT2D eigenvalue weighted by molar-refractivity contribution is 7.11. The minimum atomic E-state index is 0.731. The van der Waals surface area contributed by atoms with Gasteiger partial charge in [0.25, 0.3) is 0 Å². The molecule has 1 saturated carbocycles. The Bertz CT molecular complexity index is 531. The quantitative estimate of drug-likeness (QED) is 0.897. The fraction of sp³-hybridized carbons (Fsp3) is 0.429. The second-order valence-corrected chi connectivity index (χ2v) is 6.06. The number of rotatable bonds is 5. The van der Waals surface area contributed by atoms with E-state index in [1.165, 1.54) is 24.0 Å². The van der Waals surface area contributed by atoms with Crippen LogP contribution in [-0.4, -0.2) is 16.2 Å². The Labute approximate surface area is 111 Å². The van der Waals surface area contributed by atoms with Gasteiger partial charge in [-0.3, -0.25) is 0 Å². The highest BCUT2D eigenvalue weighted by atomic mass is 32.1. The van der Waals surface area contributed by atoms with Gasteiger partial charge in [-0.1, -0.05) is 41.2 Å². The second-order valence-electron chi connectivity index (χ2n) is 4.91. The van der Waals surface area contributed by atoms with E-state index in [4.69, 9.17) is 0 Å². The minimum absolute atomic E-state index is 0.731. The summed E-state index contributed by atoms with van der Waals surface area (Å²) in [5.41, 5.74) is 2.61. The molecule has 2 aromatic rings. The van der Waals surface area contributed by atoms with Gasteiger partial charge in [-0.15, -0.1) is 10.2 Å². The fourth-order valence-electron chi connectivity index (χ4n) is 1.95. The van der Waals surface area contributed by atoms with Crippen molar-refractivity contribution in [2.45, 2.75) is 38.8 Å². The summed E-state index contributed by atoms with van der Waals surface area (Å²) in [6.45, 7) is 2.99. The third-order valence-electron chi connectivity index (χ3n) is 3.07. The highest BCUT2D eigenvalue weighted by Gasteiger charge is 2.20. The molecule has 1 N–H and O–H groups in total. The van der Waals surface area contributed by atoms with Crippen LogP contribution in [0.25, 0.3) is 0 Å². The first-order valence-corrected chi connectivity index (χ1v) is 7.21. The molecule has 1 aliphatic rings. The molecule has 0 aliphatic heterocycles. The zero-order valence-corrected chi connectivity index (χ0v) is 11.3. The average molecular weight is 259 g/mol. The molecule has 3 nitrogen and oxygen atoms in total. The smallest absolute Gasteiger partial charge is 0.131 e. The number of hydrogen-bond acceptors (Lipinski definition) is 4. The van der Waals surface area contributed by atoms with Gasteiger partial charge in [0.05, 0.1) is 0 Å². The Hall–Kier alpha value is -1.26. The van der Waals surface area contributed by atoms with E-state index in [2.05, 4.69) is 46.7 Å². The van der Waals surface area contributed by atoms with E-state index < -0.39 is 0 Å². The number of aryl methyl sites for hydroxylation is 1. The molecule has 1 aliphatic carbocycles. The van der Waals surface area contributed by atoms with Crippen molar-refractivity contribution in [2.24, 2.45) is 0 Å². The maximum atomic E-state index is 4.27. The first kappa shape index (κ1) is 11.8. The van der Waals surface area contributed by atoms with E-state index in [1.54, 1.807) is 11.3 Å². The fourth-order valence-corrected chi connectivity index (χ4v) is 2.78. The van der Waals surface area contributed by atoms with Crippen LogP contribution in [-0.2, 0) is 13.0 Å². The van der Waals surface area contributed by atoms with Crippen molar-refractivity contribution in [1.82, 2.24) is 15.5 Å². The standard InChI is InChI=1S/C14H17N3S/c1-10-3-2-4-11(7-10)8-13-16-17-14(18-13)9-15-12-5-6-12/h2-4,7,12,15H,5-6,8-9H2,1H3. The highest BCUT2D eigenvalue weighted by Crippen LogP contribution is 2.20. The van der Waals surface area contributed by atoms with Gasteiger partial charge in [0.2, 0.25) is 0 Å². The number of benzene rings is 1. The third kappa shape index (κ3) is 3.15. The number of aromatic nitrogens is 2. The molecule has 0 atom stereocenters. The molecular formula is C14H17N3S. The maximum absolute atomic E-state index is 4.27. The molecule has 1 aromatic heterocycles. The molecule has 1 heterocycles. The summed E-state index contributed by atoms with van der Waals surface area (Å²) in [4.78, 5) is 0. The Morgan fingerprint density at radius 2 is 2.11 bits per heavy atom. The topological polar surface area (TPSA) is 37.8 Å². The molecule has 94 valence electrons. The van der Waals surface area contributed by atoms with Crippen molar-refractivity contribution in [1.29, 1.82) is 0 Å². The lowest BCUT2D eigenvalue weighted by molar-refractivity contribution is 0.678. The summed E-state index contributed by atoms with van der Waals surface area (Å²) in [7, 11) is 0. The van der Waals surface area contributed by atoms with Crippen molar-refractivity contribution in [2.75, 3.05) is 0 Å². The van der Waals surface area contributed by atoms with Crippen LogP contribution in [0, 0.1) is 6.92 Å². The van der Waals surface area contributed by atoms with Crippen LogP contribution in [0.2, 0.25) is 0 Å². The molecule has 0 bridgehead atoms. The van der Waals surface area contributed by atoms with Crippen molar-refractivity contribution in [3.8, 4) is 0 Å². The third-order valence-corrected chi connectivity index (χ3v) is 3.99. The molecule has 1 aromatic carbocycles. The minimum Gasteiger partial charge on any atom is -0.308 e. The molecule has 18 heavy (non-hydrogen) atoms. The van der Waals surface area contributed by atoms with E-state index >= 15 is 0 Å². The van der Waals surface area contributed by atoms with Crippen molar-refractivity contribution < 1.29 is 0 Å². The predicted molar refractivity (Wildman–Crippen MR) is 73.8 cm³/mol. The van der Waals surface area contributed by atoms with E-state index in [0.29, 0.717) is 0 Å². The maximum Gasteiger partial charge on any atom is 0.131 e. The first-order chi connectivity index (χ1) is 8.79. The summed E-state index contributed by atoms with van der Waals surface area (Å²) in [5.74, 6) is 0. The van der Waals surface area contributed by atoms with E-state index in [1.807, 2.05) is 0 Å². The lowest BCUT2D eigenvalue weighted by atomic mass is 10.1. The Morgan fingerprint density at radius 1 is 1.28 bits per heavy atom. The number of nitrogens with zero attached hydrogens (tertiary/aromatic N) is 2. The average Bonchev–Trinajstić information content (AvgIpc) is 3.08. The molecule has 0 unspecified atom stereocenters. The van der Waals surface area contributed by atoms with Gasteiger partial charge in [0.1, 0.15) is 10.0 Å². The molecule has 0 spiro atoms. The van der Waals surface area contributed by atoms with Crippen LogP contribution < -0.4 is 5.32 Å². The zero-order valence-electron chi connectivity index (χ0n) is 10.5. The summed E-state index contributed by atoms with van der Waals surface area (Å²) in [6.07, 6.45) is 3.52.